The highest BCUT2D eigenvalue weighted by atomic mass is 32.1. The van der Waals surface area contributed by atoms with E-state index in [1.54, 1.807) is 6.21 Å². The van der Waals surface area contributed by atoms with Gasteiger partial charge in [-0.3, -0.25) is 15.2 Å². The lowest BCUT2D eigenvalue weighted by molar-refractivity contribution is -0.117. The molecule has 0 atom stereocenters. The van der Waals surface area contributed by atoms with Crippen LogP contribution in [0.4, 0.5) is 5.69 Å². The number of nitrogens with one attached hydrogen (secondary N) is 1. The summed E-state index contributed by atoms with van der Waals surface area (Å²) in [5, 5.41) is 10.4. The van der Waals surface area contributed by atoms with Gasteiger partial charge in [-0.25, -0.2) is 0 Å². The number of allylic oxidation sites excluding steroid dienone is 1. The second-order valence-electron chi connectivity index (χ2n) is 5.40. The molecular formula is C17H17N3O2S2. The van der Waals surface area contributed by atoms with Crippen LogP contribution in [0.1, 0.15) is 36.6 Å². The SMILES string of the molecule is CCCCC(=O)Nn1c(O)c(/C=C2\C=Nc3ccccc32)sc1=S. The van der Waals surface area contributed by atoms with Crippen LogP contribution in [0.3, 0.4) is 0 Å². The van der Waals surface area contributed by atoms with Crippen molar-refractivity contribution in [3.8, 4) is 5.88 Å². The number of aromatic hydroxyl groups is 1. The van der Waals surface area contributed by atoms with Crippen LogP contribution in [0.25, 0.3) is 11.6 Å². The minimum Gasteiger partial charge on any atom is -0.492 e. The second kappa shape index (κ2) is 7.11. The van der Waals surface area contributed by atoms with Gasteiger partial charge in [0, 0.05) is 23.8 Å². The molecule has 1 aromatic carbocycles. The molecule has 124 valence electrons. The highest BCUT2D eigenvalue weighted by Crippen LogP contribution is 2.35. The van der Waals surface area contributed by atoms with E-state index < -0.39 is 0 Å². The summed E-state index contributed by atoms with van der Waals surface area (Å²) in [5.41, 5.74) is 5.46. The van der Waals surface area contributed by atoms with Crippen molar-refractivity contribution in [2.24, 2.45) is 4.99 Å². The number of amides is 1. The molecule has 0 saturated carbocycles. The van der Waals surface area contributed by atoms with Gasteiger partial charge in [0.25, 0.3) is 0 Å². The number of nitrogens with zero attached hydrogens (tertiary/aromatic N) is 2. The summed E-state index contributed by atoms with van der Waals surface area (Å²) in [7, 11) is 0. The normalized spacial score (nSPS) is 14.1. The molecule has 0 saturated heterocycles. The fourth-order valence-electron chi connectivity index (χ4n) is 2.39. The fourth-order valence-corrected chi connectivity index (χ4v) is 3.57. The summed E-state index contributed by atoms with van der Waals surface area (Å²) < 4.78 is 1.66. The largest absolute Gasteiger partial charge is 0.492 e. The molecule has 1 aromatic heterocycles. The van der Waals surface area contributed by atoms with Gasteiger partial charge in [0.05, 0.1) is 10.6 Å². The number of carbonyl (C=O) groups is 1. The predicted molar refractivity (Wildman–Crippen MR) is 101 cm³/mol. The molecule has 0 fully saturated rings. The number of carbonyl (C=O) groups excluding carboxylic acids is 1. The van der Waals surface area contributed by atoms with Gasteiger partial charge in [-0.2, -0.15) is 4.68 Å². The minimum atomic E-state index is -0.159. The molecule has 0 aliphatic carbocycles. The average molecular weight is 359 g/mol. The topological polar surface area (TPSA) is 66.6 Å². The molecule has 2 heterocycles. The Kier molecular flexibility index (Phi) is 4.92. The van der Waals surface area contributed by atoms with Crippen LogP contribution in [0.5, 0.6) is 5.88 Å². The zero-order valence-electron chi connectivity index (χ0n) is 13.2. The van der Waals surface area contributed by atoms with Crippen LogP contribution < -0.4 is 5.43 Å². The van der Waals surface area contributed by atoms with Crippen LogP contribution in [-0.4, -0.2) is 21.9 Å². The lowest BCUT2D eigenvalue weighted by Gasteiger charge is -2.06. The number of thiazole rings is 1. The van der Waals surface area contributed by atoms with Crippen LogP contribution in [0.15, 0.2) is 29.3 Å². The van der Waals surface area contributed by atoms with E-state index in [4.69, 9.17) is 12.2 Å². The van der Waals surface area contributed by atoms with Crippen molar-refractivity contribution in [1.29, 1.82) is 0 Å². The Labute approximate surface area is 149 Å². The van der Waals surface area contributed by atoms with Crippen LogP contribution in [0.2, 0.25) is 0 Å². The van der Waals surface area contributed by atoms with Crippen molar-refractivity contribution < 1.29 is 9.90 Å². The third kappa shape index (κ3) is 3.32. The van der Waals surface area contributed by atoms with Gasteiger partial charge in [0.2, 0.25) is 11.8 Å². The van der Waals surface area contributed by atoms with Crippen LogP contribution in [0, 0.1) is 3.95 Å². The lowest BCUT2D eigenvalue weighted by atomic mass is 10.1. The maximum atomic E-state index is 11.9. The number of hydrogen-bond acceptors (Lipinski definition) is 5. The van der Waals surface area contributed by atoms with Crippen LogP contribution in [-0.2, 0) is 4.79 Å². The smallest absolute Gasteiger partial charge is 0.238 e. The van der Waals surface area contributed by atoms with Gasteiger partial charge in [0.15, 0.2) is 3.95 Å². The molecule has 1 aliphatic heterocycles. The molecule has 0 radical (unpaired) electrons. The highest BCUT2D eigenvalue weighted by Gasteiger charge is 2.16. The Morgan fingerprint density at radius 3 is 3.04 bits per heavy atom. The zero-order chi connectivity index (χ0) is 17.1. The number of aromatic nitrogens is 1. The second-order valence-corrected chi connectivity index (χ2v) is 7.08. The van der Waals surface area contributed by atoms with E-state index in [0.717, 1.165) is 29.7 Å². The van der Waals surface area contributed by atoms with Gasteiger partial charge in [-0.15, -0.1) is 0 Å². The number of rotatable bonds is 5. The number of hydrogen-bond donors (Lipinski definition) is 2. The highest BCUT2D eigenvalue weighted by molar-refractivity contribution is 7.73. The Balaban J connectivity index is 1.88. The van der Waals surface area contributed by atoms with E-state index >= 15 is 0 Å². The van der Waals surface area contributed by atoms with E-state index in [0.29, 0.717) is 15.3 Å². The van der Waals surface area contributed by atoms with Gasteiger partial charge < -0.3 is 5.11 Å². The number of para-hydroxylation sites is 1. The molecule has 3 rings (SSSR count). The molecule has 0 bridgehead atoms. The predicted octanol–water partition coefficient (Wildman–Crippen LogP) is 4.50. The third-order valence-electron chi connectivity index (χ3n) is 3.65. The Bertz CT molecular complexity index is 893. The first-order valence-electron chi connectivity index (χ1n) is 7.70. The Morgan fingerprint density at radius 1 is 1.46 bits per heavy atom. The third-order valence-corrected chi connectivity index (χ3v) is 4.96. The van der Waals surface area contributed by atoms with Crippen molar-refractivity contribution in [2.75, 3.05) is 5.43 Å². The van der Waals surface area contributed by atoms with Gasteiger partial charge >= 0.3 is 0 Å². The Hall–Kier alpha value is -2.25. The molecule has 0 spiro atoms. The van der Waals surface area contributed by atoms with Crippen molar-refractivity contribution in [3.63, 3.8) is 0 Å². The number of unbranched alkanes of at least 4 members (excludes halogenated alkanes) is 1. The summed E-state index contributed by atoms with van der Waals surface area (Å²) in [4.78, 5) is 16.8. The summed E-state index contributed by atoms with van der Waals surface area (Å²) >= 11 is 6.50. The number of fused-ring (bicyclic) bond motifs is 1. The molecule has 1 amide bonds. The minimum absolute atomic E-state index is 0.0554. The van der Waals surface area contributed by atoms with E-state index in [2.05, 4.69) is 10.4 Å². The van der Waals surface area contributed by atoms with Crippen molar-refractivity contribution >= 4 is 53.0 Å². The first kappa shape index (κ1) is 16.6. The van der Waals surface area contributed by atoms with E-state index in [1.165, 1.54) is 16.0 Å². The van der Waals surface area contributed by atoms with Crippen LogP contribution >= 0.6 is 23.6 Å². The van der Waals surface area contributed by atoms with E-state index in [1.807, 2.05) is 37.3 Å². The van der Waals surface area contributed by atoms with Crippen molar-refractivity contribution in [3.05, 3.63) is 38.7 Å². The average Bonchev–Trinajstić information content (AvgIpc) is 3.10. The molecule has 0 unspecified atom stereocenters. The summed E-state index contributed by atoms with van der Waals surface area (Å²) in [6, 6.07) is 7.80. The molecule has 2 N–H and O–H groups in total. The first-order valence-corrected chi connectivity index (χ1v) is 8.92. The van der Waals surface area contributed by atoms with E-state index in [9.17, 15) is 9.90 Å². The molecule has 7 heteroatoms. The van der Waals surface area contributed by atoms with Crippen molar-refractivity contribution in [2.45, 2.75) is 26.2 Å². The van der Waals surface area contributed by atoms with Gasteiger partial charge in [-0.1, -0.05) is 42.9 Å². The molecule has 2 aromatic rings. The molecule has 5 nitrogen and oxygen atoms in total. The maximum absolute atomic E-state index is 11.9. The number of benzene rings is 1. The monoisotopic (exact) mass is 359 g/mol. The summed E-state index contributed by atoms with van der Waals surface area (Å²) in [6.07, 6.45) is 5.74. The standard InChI is InChI=1S/C17H17N3O2S2/c1-2-3-8-15(21)19-20-16(22)14(24-17(20)23)9-11-10-18-13-7-5-4-6-12(11)13/h4-7,9-10,22H,2-3,8H2,1H3,(H,19,21)/b11-9+. The maximum Gasteiger partial charge on any atom is 0.238 e. The van der Waals surface area contributed by atoms with Gasteiger partial charge in [0.1, 0.15) is 0 Å². The van der Waals surface area contributed by atoms with E-state index in [-0.39, 0.29) is 11.8 Å². The Morgan fingerprint density at radius 2 is 2.25 bits per heavy atom. The summed E-state index contributed by atoms with van der Waals surface area (Å²) in [5.74, 6) is -0.215. The van der Waals surface area contributed by atoms with Gasteiger partial charge in [-0.05, 0) is 30.8 Å². The first-order chi connectivity index (χ1) is 11.6. The molecule has 1 aliphatic rings. The van der Waals surface area contributed by atoms with Crippen molar-refractivity contribution in [1.82, 2.24) is 4.68 Å². The molecular weight excluding hydrogens is 342 g/mol. The number of aliphatic imine (C=N–C) groups is 1. The summed E-state index contributed by atoms with van der Waals surface area (Å²) in [6.45, 7) is 2.02. The quantitative estimate of drug-likeness (QED) is 0.772. The lowest BCUT2D eigenvalue weighted by Crippen LogP contribution is -2.22. The zero-order valence-corrected chi connectivity index (χ0v) is 14.8. The fraction of sp³-hybridized carbons (Fsp3) is 0.235. The molecule has 24 heavy (non-hydrogen) atoms.